The van der Waals surface area contributed by atoms with E-state index in [4.69, 9.17) is 0 Å². The minimum atomic E-state index is -3.27. The number of amides is 1. The van der Waals surface area contributed by atoms with E-state index in [1.165, 1.54) is 6.92 Å². The topological polar surface area (TPSA) is 63.2 Å². The van der Waals surface area contributed by atoms with Gasteiger partial charge >= 0.3 is 0 Å². The van der Waals surface area contributed by atoms with Gasteiger partial charge in [-0.05, 0) is 34.7 Å². The van der Waals surface area contributed by atoms with Gasteiger partial charge in [-0.3, -0.25) is 4.79 Å². The Morgan fingerprint density at radius 1 is 1.38 bits per heavy atom. The lowest BCUT2D eigenvalue weighted by molar-refractivity contribution is -0.113. The second kappa shape index (κ2) is 5.62. The molecule has 0 aromatic heterocycles. The van der Waals surface area contributed by atoms with Crippen molar-refractivity contribution in [1.82, 2.24) is 0 Å². The molecule has 0 saturated heterocycles. The summed E-state index contributed by atoms with van der Waals surface area (Å²) in [7, 11) is -3.27. The molecule has 0 spiro atoms. The van der Waals surface area contributed by atoms with Crippen LogP contribution in [-0.4, -0.2) is 25.8 Å². The summed E-state index contributed by atoms with van der Waals surface area (Å²) < 4.78 is 23.3. The fraction of sp³-hybridized carbons (Fsp3) is 0.300. The van der Waals surface area contributed by atoms with Gasteiger partial charge in [0.05, 0.1) is 5.69 Å². The number of hydrogen-bond acceptors (Lipinski definition) is 3. The minimum absolute atomic E-state index is 0.0215. The summed E-state index contributed by atoms with van der Waals surface area (Å²) in [5.74, 6) is -0.980. The van der Waals surface area contributed by atoms with E-state index in [2.05, 4.69) is 27.9 Å². The van der Waals surface area contributed by atoms with Crippen molar-refractivity contribution in [3.8, 4) is 0 Å². The van der Waals surface area contributed by atoms with Crippen molar-refractivity contribution in [3.05, 3.63) is 27.8 Å². The molecule has 0 atom stereocenters. The Bertz CT molecular complexity index is 485. The maximum atomic E-state index is 11.4. The van der Waals surface area contributed by atoms with Gasteiger partial charge in [0.2, 0.25) is 5.91 Å². The highest BCUT2D eigenvalue weighted by Crippen LogP contribution is 2.16. The van der Waals surface area contributed by atoms with Crippen LogP contribution in [0.1, 0.15) is 6.92 Å². The Morgan fingerprint density at radius 3 is 2.56 bits per heavy atom. The van der Waals surface area contributed by atoms with Gasteiger partial charge in [-0.2, -0.15) is 0 Å². The zero-order valence-electron chi connectivity index (χ0n) is 8.73. The Morgan fingerprint density at radius 2 is 2.00 bits per heavy atom. The first kappa shape index (κ1) is 13.4. The summed E-state index contributed by atoms with van der Waals surface area (Å²) in [6.45, 7) is 1.52. The molecule has 88 valence electrons. The Kier molecular flexibility index (Phi) is 4.72. The molecule has 1 aromatic rings. The molecular formula is C10H12INO3S. The molecule has 0 saturated carbocycles. The van der Waals surface area contributed by atoms with Gasteiger partial charge in [0.1, 0.15) is 5.75 Å². The van der Waals surface area contributed by atoms with Crippen LogP contribution >= 0.6 is 22.6 Å². The first-order chi connectivity index (χ1) is 7.44. The normalized spacial score (nSPS) is 11.1. The average molecular weight is 353 g/mol. The third-order valence-corrected chi connectivity index (χ3v) is 4.46. The Labute approximate surface area is 108 Å². The fourth-order valence-electron chi connectivity index (χ4n) is 1.05. The van der Waals surface area contributed by atoms with Gasteiger partial charge in [0, 0.05) is 9.32 Å². The van der Waals surface area contributed by atoms with Crippen molar-refractivity contribution in [2.45, 2.75) is 6.92 Å². The van der Waals surface area contributed by atoms with E-state index in [1.807, 2.05) is 12.1 Å². The van der Waals surface area contributed by atoms with E-state index in [-0.39, 0.29) is 5.75 Å². The molecule has 4 nitrogen and oxygen atoms in total. The lowest BCUT2D eigenvalue weighted by Crippen LogP contribution is -2.24. The van der Waals surface area contributed by atoms with E-state index in [0.717, 1.165) is 3.57 Å². The lowest BCUT2D eigenvalue weighted by Gasteiger charge is -2.06. The van der Waals surface area contributed by atoms with Gasteiger partial charge in [0.25, 0.3) is 0 Å². The molecule has 0 aliphatic rings. The van der Waals surface area contributed by atoms with E-state index >= 15 is 0 Å². The van der Waals surface area contributed by atoms with Crippen molar-refractivity contribution in [2.24, 2.45) is 0 Å². The van der Waals surface area contributed by atoms with Crippen molar-refractivity contribution in [3.63, 3.8) is 0 Å². The second-order valence-electron chi connectivity index (χ2n) is 3.20. The molecule has 0 fully saturated rings. The molecule has 0 aliphatic heterocycles. The van der Waals surface area contributed by atoms with E-state index in [1.54, 1.807) is 12.1 Å². The summed E-state index contributed by atoms with van der Waals surface area (Å²) >= 11 is 2.08. The number of anilines is 1. The number of carbonyl (C=O) groups is 1. The monoisotopic (exact) mass is 353 g/mol. The molecular weight excluding hydrogens is 341 g/mol. The third-order valence-electron chi connectivity index (χ3n) is 1.94. The van der Waals surface area contributed by atoms with Crippen LogP contribution in [0, 0.1) is 3.57 Å². The number of halogens is 1. The fourth-order valence-corrected chi connectivity index (χ4v) is 2.25. The number of benzene rings is 1. The van der Waals surface area contributed by atoms with Crippen molar-refractivity contribution in [2.75, 3.05) is 16.8 Å². The molecule has 6 heteroatoms. The van der Waals surface area contributed by atoms with E-state index in [0.29, 0.717) is 5.69 Å². The average Bonchev–Trinajstić information content (AvgIpc) is 2.21. The molecule has 16 heavy (non-hydrogen) atoms. The molecule has 0 heterocycles. The predicted molar refractivity (Wildman–Crippen MR) is 72.1 cm³/mol. The molecule has 1 rings (SSSR count). The van der Waals surface area contributed by atoms with Gasteiger partial charge < -0.3 is 5.32 Å². The summed E-state index contributed by atoms with van der Waals surface area (Å²) in [5, 5.41) is 2.58. The molecule has 1 aromatic carbocycles. The number of rotatable bonds is 4. The molecule has 0 bridgehead atoms. The second-order valence-corrected chi connectivity index (χ2v) is 6.72. The summed E-state index contributed by atoms with van der Waals surface area (Å²) in [5.41, 5.74) is 0.638. The van der Waals surface area contributed by atoms with Crippen LogP contribution in [0.5, 0.6) is 0 Å². The Balaban J connectivity index is 2.70. The number of hydrogen-bond donors (Lipinski definition) is 1. The smallest absolute Gasteiger partial charge is 0.239 e. The van der Waals surface area contributed by atoms with Gasteiger partial charge in [-0.1, -0.05) is 19.1 Å². The van der Waals surface area contributed by atoms with Crippen LogP contribution in [0.2, 0.25) is 0 Å². The van der Waals surface area contributed by atoms with Crippen LogP contribution in [0.4, 0.5) is 5.69 Å². The van der Waals surface area contributed by atoms with E-state index in [9.17, 15) is 13.2 Å². The van der Waals surface area contributed by atoms with Crippen LogP contribution in [0.25, 0.3) is 0 Å². The highest BCUT2D eigenvalue weighted by atomic mass is 127. The highest BCUT2D eigenvalue weighted by molar-refractivity contribution is 14.1. The van der Waals surface area contributed by atoms with E-state index < -0.39 is 21.5 Å². The molecule has 0 aliphatic carbocycles. The largest absolute Gasteiger partial charge is 0.324 e. The molecule has 1 N–H and O–H groups in total. The minimum Gasteiger partial charge on any atom is -0.324 e. The number of sulfone groups is 1. The maximum absolute atomic E-state index is 11.4. The van der Waals surface area contributed by atoms with Crippen LogP contribution in [0.3, 0.4) is 0 Å². The van der Waals surface area contributed by atoms with Crippen molar-refractivity contribution >= 4 is 44.0 Å². The predicted octanol–water partition coefficient (Wildman–Crippen LogP) is 1.66. The highest BCUT2D eigenvalue weighted by Gasteiger charge is 2.14. The third kappa shape index (κ3) is 4.09. The zero-order valence-corrected chi connectivity index (χ0v) is 11.7. The molecule has 1 amide bonds. The van der Waals surface area contributed by atoms with Crippen LogP contribution in [0.15, 0.2) is 24.3 Å². The summed E-state index contributed by atoms with van der Waals surface area (Å²) in [4.78, 5) is 11.4. The first-order valence-electron chi connectivity index (χ1n) is 4.69. The number of nitrogens with one attached hydrogen (secondary N) is 1. The maximum Gasteiger partial charge on any atom is 0.239 e. The summed E-state index contributed by atoms with van der Waals surface area (Å²) in [6.07, 6.45) is 0. The summed E-state index contributed by atoms with van der Waals surface area (Å²) in [6, 6.07) is 7.20. The first-order valence-corrected chi connectivity index (χ1v) is 7.59. The molecule has 0 unspecified atom stereocenters. The van der Waals surface area contributed by atoms with Gasteiger partial charge in [-0.15, -0.1) is 0 Å². The zero-order chi connectivity index (χ0) is 12.2. The quantitative estimate of drug-likeness (QED) is 0.838. The standard InChI is InChI=1S/C10H12INO3S/c1-2-16(14,15)7-10(13)12-9-6-4-3-5-8(9)11/h3-6H,2,7H2,1H3,(H,12,13). The lowest BCUT2D eigenvalue weighted by atomic mass is 10.3. The van der Waals surface area contributed by atoms with Crippen LogP contribution in [-0.2, 0) is 14.6 Å². The number of para-hydroxylation sites is 1. The van der Waals surface area contributed by atoms with Gasteiger partial charge in [-0.25, -0.2) is 8.42 Å². The van der Waals surface area contributed by atoms with Crippen LogP contribution < -0.4 is 5.32 Å². The number of carbonyl (C=O) groups excluding carboxylic acids is 1. The van der Waals surface area contributed by atoms with Crippen molar-refractivity contribution in [1.29, 1.82) is 0 Å². The Hall–Kier alpha value is -0.630. The SMILES string of the molecule is CCS(=O)(=O)CC(=O)Nc1ccccc1I. The van der Waals surface area contributed by atoms with Crippen molar-refractivity contribution < 1.29 is 13.2 Å². The molecule has 0 radical (unpaired) electrons. The van der Waals surface area contributed by atoms with Gasteiger partial charge in [0.15, 0.2) is 9.84 Å².